The predicted octanol–water partition coefficient (Wildman–Crippen LogP) is 4.93. The molecule has 1 amide bonds. The number of thiophene rings is 1. The van der Waals surface area contributed by atoms with E-state index in [0.717, 1.165) is 15.9 Å². The predicted molar refractivity (Wildman–Crippen MR) is 123 cm³/mol. The van der Waals surface area contributed by atoms with E-state index in [1.165, 1.54) is 35.6 Å². The Morgan fingerprint density at radius 3 is 2.36 bits per heavy atom. The topological polar surface area (TPSA) is 64.7 Å². The van der Waals surface area contributed by atoms with Crippen LogP contribution in [-0.2, 0) is 7.05 Å². The van der Waals surface area contributed by atoms with Crippen molar-refractivity contribution in [1.29, 1.82) is 0 Å². The van der Waals surface area contributed by atoms with Crippen LogP contribution in [0.4, 0.5) is 8.78 Å². The molecule has 33 heavy (non-hydrogen) atoms. The van der Waals surface area contributed by atoms with Crippen molar-refractivity contribution in [3.8, 4) is 5.69 Å². The van der Waals surface area contributed by atoms with Gasteiger partial charge in [0.1, 0.15) is 28.3 Å². The molecule has 0 fully saturated rings. The van der Waals surface area contributed by atoms with E-state index in [9.17, 15) is 13.6 Å². The number of carbonyl (C=O) groups is 1. The van der Waals surface area contributed by atoms with Crippen LogP contribution in [-0.4, -0.2) is 25.2 Å². The monoisotopic (exact) mass is 463 g/mol. The first-order chi connectivity index (χ1) is 15.9. The minimum atomic E-state index is -0.557. The van der Waals surface area contributed by atoms with Gasteiger partial charge in [-0.05, 0) is 55.0 Å². The van der Waals surface area contributed by atoms with Gasteiger partial charge in [0, 0.05) is 24.8 Å². The zero-order chi connectivity index (χ0) is 23.1. The molecule has 6 nitrogen and oxygen atoms in total. The first-order valence-corrected chi connectivity index (χ1v) is 11.0. The molecule has 5 aromatic rings. The SMILES string of the molecule is Cc1nn(-c2ccc(F)cc2)c2sc(C(=O)NC(c3ccc(F)cc3)c3nccn3C)cc12. The molecule has 0 aliphatic carbocycles. The molecule has 1 unspecified atom stereocenters. The molecule has 0 saturated carbocycles. The Hall–Kier alpha value is -3.85. The van der Waals surface area contributed by atoms with Crippen molar-refractivity contribution >= 4 is 27.5 Å². The lowest BCUT2D eigenvalue weighted by atomic mass is 10.1. The Balaban J connectivity index is 1.51. The van der Waals surface area contributed by atoms with Crippen molar-refractivity contribution in [1.82, 2.24) is 24.6 Å². The van der Waals surface area contributed by atoms with E-state index in [0.29, 0.717) is 22.0 Å². The molecule has 3 heterocycles. The number of benzene rings is 2. The van der Waals surface area contributed by atoms with Crippen LogP contribution in [0.3, 0.4) is 0 Å². The number of aromatic nitrogens is 4. The van der Waals surface area contributed by atoms with Crippen LogP contribution < -0.4 is 5.32 Å². The van der Waals surface area contributed by atoms with Gasteiger partial charge >= 0.3 is 0 Å². The summed E-state index contributed by atoms with van der Waals surface area (Å²) in [6.07, 6.45) is 3.44. The number of amides is 1. The summed E-state index contributed by atoms with van der Waals surface area (Å²) in [6.45, 7) is 1.87. The minimum Gasteiger partial charge on any atom is -0.337 e. The van der Waals surface area contributed by atoms with Gasteiger partial charge in [-0.25, -0.2) is 18.4 Å². The van der Waals surface area contributed by atoms with Gasteiger partial charge in [-0.3, -0.25) is 4.79 Å². The molecule has 0 saturated heterocycles. The Labute approximate surface area is 192 Å². The second-order valence-corrected chi connectivity index (χ2v) is 8.69. The van der Waals surface area contributed by atoms with Gasteiger partial charge in [0.2, 0.25) is 0 Å². The third kappa shape index (κ3) is 3.91. The zero-order valence-corrected chi connectivity index (χ0v) is 18.6. The number of hydrogen-bond acceptors (Lipinski definition) is 4. The average Bonchev–Trinajstić information content (AvgIpc) is 3.50. The van der Waals surface area contributed by atoms with Crippen molar-refractivity contribution in [2.24, 2.45) is 7.05 Å². The highest BCUT2D eigenvalue weighted by Gasteiger charge is 2.24. The van der Waals surface area contributed by atoms with E-state index in [1.54, 1.807) is 47.4 Å². The number of carbonyl (C=O) groups excluding carboxylic acids is 1. The van der Waals surface area contributed by atoms with E-state index in [-0.39, 0.29) is 17.5 Å². The lowest BCUT2D eigenvalue weighted by Gasteiger charge is -2.19. The van der Waals surface area contributed by atoms with Crippen LogP contribution in [0, 0.1) is 18.6 Å². The molecule has 0 radical (unpaired) electrons. The summed E-state index contributed by atoms with van der Waals surface area (Å²) in [6, 6.07) is 13.3. The maximum Gasteiger partial charge on any atom is 0.262 e. The summed E-state index contributed by atoms with van der Waals surface area (Å²) in [7, 11) is 1.84. The van der Waals surface area contributed by atoms with Crippen molar-refractivity contribution < 1.29 is 13.6 Å². The zero-order valence-electron chi connectivity index (χ0n) is 17.8. The Bertz CT molecular complexity index is 1450. The second kappa shape index (κ2) is 8.25. The lowest BCUT2D eigenvalue weighted by molar-refractivity contribution is 0.0945. The minimum absolute atomic E-state index is 0.279. The Morgan fingerprint density at radius 1 is 1.06 bits per heavy atom. The smallest absolute Gasteiger partial charge is 0.262 e. The number of fused-ring (bicyclic) bond motifs is 1. The molecule has 3 aromatic heterocycles. The van der Waals surface area contributed by atoms with Gasteiger partial charge in [-0.2, -0.15) is 5.10 Å². The molecule has 0 aliphatic heterocycles. The van der Waals surface area contributed by atoms with Crippen LogP contribution in [0.5, 0.6) is 0 Å². The van der Waals surface area contributed by atoms with Crippen LogP contribution in [0.25, 0.3) is 15.9 Å². The number of imidazole rings is 1. The summed E-state index contributed by atoms with van der Waals surface area (Å²) in [4.78, 5) is 19.0. The first kappa shape index (κ1) is 21.0. The normalized spacial score (nSPS) is 12.2. The second-order valence-electron chi connectivity index (χ2n) is 7.66. The van der Waals surface area contributed by atoms with Crippen LogP contribution in [0.1, 0.15) is 32.8 Å². The quantitative estimate of drug-likeness (QED) is 0.402. The van der Waals surface area contributed by atoms with Gasteiger partial charge in [0.15, 0.2) is 0 Å². The third-order valence-corrected chi connectivity index (χ3v) is 6.54. The number of halogens is 2. The summed E-state index contributed by atoms with van der Waals surface area (Å²) < 4.78 is 30.4. The van der Waals surface area contributed by atoms with E-state index >= 15 is 0 Å². The van der Waals surface area contributed by atoms with Crippen molar-refractivity contribution in [2.45, 2.75) is 13.0 Å². The van der Waals surface area contributed by atoms with Gasteiger partial charge in [-0.15, -0.1) is 11.3 Å². The molecule has 9 heteroatoms. The molecular formula is C24H19F2N5OS. The molecule has 0 spiro atoms. The van der Waals surface area contributed by atoms with Gasteiger partial charge < -0.3 is 9.88 Å². The molecule has 0 bridgehead atoms. The highest BCUT2D eigenvalue weighted by Crippen LogP contribution is 2.31. The Morgan fingerprint density at radius 2 is 1.73 bits per heavy atom. The maximum atomic E-state index is 13.5. The maximum absolute atomic E-state index is 13.5. The van der Waals surface area contributed by atoms with Gasteiger partial charge in [-0.1, -0.05) is 12.1 Å². The molecule has 1 atom stereocenters. The van der Waals surface area contributed by atoms with Crippen LogP contribution >= 0.6 is 11.3 Å². The molecular weight excluding hydrogens is 444 g/mol. The van der Waals surface area contributed by atoms with Crippen LogP contribution in [0.15, 0.2) is 67.0 Å². The summed E-state index contributed by atoms with van der Waals surface area (Å²) in [5, 5.41) is 8.43. The highest BCUT2D eigenvalue weighted by molar-refractivity contribution is 7.20. The first-order valence-electron chi connectivity index (χ1n) is 10.2. The fourth-order valence-corrected chi connectivity index (χ4v) is 4.81. The Kier molecular flexibility index (Phi) is 5.26. The van der Waals surface area contributed by atoms with E-state index < -0.39 is 6.04 Å². The standard InChI is InChI=1S/C24H19F2N5OS/c1-14-19-13-20(33-24(19)31(29-14)18-9-7-17(26)8-10-18)23(32)28-21(22-27-11-12-30(22)2)15-3-5-16(25)6-4-15/h3-13,21H,1-2H3,(H,28,32). The largest absolute Gasteiger partial charge is 0.337 e. The third-order valence-electron chi connectivity index (χ3n) is 5.44. The van der Waals surface area contributed by atoms with Crippen LogP contribution in [0.2, 0.25) is 0 Å². The molecule has 5 rings (SSSR count). The number of rotatable bonds is 5. The molecule has 166 valence electrons. The van der Waals surface area contributed by atoms with Crippen molar-refractivity contribution in [3.05, 3.63) is 101 Å². The van der Waals surface area contributed by atoms with Crippen molar-refractivity contribution in [3.63, 3.8) is 0 Å². The number of nitrogens with zero attached hydrogens (tertiary/aromatic N) is 4. The number of aryl methyl sites for hydroxylation is 2. The molecule has 2 aromatic carbocycles. The summed E-state index contributed by atoms with van der Waals surface area (Å²) >= 11 is 1.30. The van der Waals surface area contributed by atoms with Gasteiger partial charge in [0.25, 0.3) is 5.91 Å². The number of hydrogen-bond donors (Lipinski definition) is 1. The van der Waals surface area contributed by atoms with Crippen molar-refractivity contribution in [2.75, 3.05) is 0 Å². The average molecular weight is 464 g/mol. The number of nitrogens with one attached hydrogen (secondary N) is 1. The van der Waals surface area contributed by atoms with E-state index in [2.05, 4.69) is 15.4 Å². The summed E-state index contributed by atoms with van der Waals surface area (Å²) in [5.74, 6) is -0.330. The fourth-order valence-electron chi connectivity index (χ4n) is 3.73. The van der Waals surface area contributed by atoms with Gasteiger partial charge in [0.05, 0.1) is 16.3 Å². The molecule has 1 N–H and O–H groups in total. The van der Waals surface area contributed by atoms with E-state index in [4.69, 9.17) is 0 Å². The highest BCUT2D eigenvalue weighted by atomic mass is 32.1. The summed E-state index contributed by atoms with van der Waals surface area (Å²) in [5.41, 5.74) is 2.19. The molecule has 0 aliphatic rings. The lowest BCUT2D eigenvalue weighted by Crippen LogP contribution is -2.30. The fraction of sp³-hybridized carbons (Fsp3) is 0.125. The van der Waals surface area contributed by atoms with E-state index in [1.807, 2.05) is 18.5 Å².